The SMILES string of the molecule is Cn1ccc2c3c(NCC(O)CO)nc(N)nc3cc(-c3ccccc3C(F)(F)F)c21. The molecule has 0 fully saturated rings. The number of nitrogens with two attached hydrogens (primary N) is 1. The minimum absolute atomic E-state index is 0.00897. The highest BCUT2D eigenvalue weighted by Crippen LogP contribution is 2.42. The highest BCUT2D eigenvalue weighted by molar-refractivity contribution is 6.16. The third-order valence-corrected chi connectivity index (χ3v) is 5.07. The quantitative estimate of drug-likeness (QED) is 0.387. The van der Waals surface area contributed by atoms with Gasteiger partial charge in [0.1, 0.15) is 5.82 Å². The Labute approximate surface area is 175 Å². The summed E-state index contributed by atoms with van der Waals surface area (Å²) in [6.45, 7) is -0.431. The highest BCUT2D eigenvalue weighted by atomic mass is 19.4. The smallest absolute Gasteiger partial charge is 0.394 e. The van der Waals surface area contributed by atoms with E-state index in [-0.39, 0.29) is 18.1 Å². The first-order valence-electron chi connectivity index (χ1n) is 9.45. The molecule has 0 spiro atoms. The van der Waals surface area contributed by atoms with Crippen LogP contribution in [0.2, 0.25) is 0 Å². The van der Waals surface area contributed by atoms with Crippen LogP contribution in [0.25, 0.3) is 32.9 Å². The fourth-order valence-electron chi connectivity index (χ4n) is 3.72. The first-order chi connectivity index (χ1) is 14.7. The summed E-state index contributed by atoms with van der Waals surface area (Å²) >= 11 is 0. The molecule has 0 radical (unpaired) electrons. The summed E-state index contributed by atoms with van der Waals surface area (Å²) in [4.78, 5) is 8.44. The van der Waals surface area contributed by atoms with E-state index >= 15 is 0 Å². The predicted octanol–water partition coefficient (Wildman–Crippen LogP) is 3.15. The van der Waals surface area contributed by atoms with Crippen LogP contribution < -0.4 is 11.1 Å². The molecule has 1 unspecified atom stereocenters. The molecule has 0 saturated heterocycles. The van der Waals surface area contributed by atoms with E-state index in [0.29, 0.717) is 33.2 Å². The molecule has 0 aliphatic heterocycles. The van der Waals surface area contributed by atoms with Crippen LogP contribution in [-0.2, 0) is 13.2 Å². The van der Waals surface area contributed by atoms with Crippen molar-refractivity contribution in [2.45, 2.75) is 12.3 Å². The van der Waals surface area contributed by atoms with Crippen molar-refractivity contribution in [3.8, 4) is 11.1 Å². The maximum atomic E-state index is 13.7. The molecule has 0 bridgehead atoms. The molecule has 0 saturated carbocycles. The van der Waals surface area contributed by atoms with Crippen LogP contribution in [0.4, 0.5) is 24.9 Å². The Morgan fingerprint density at radius 2 is 1.90 bits per heavy atom. The lowest BCUT2D eigenvalue weighted by molar-refractivity contribution is -0.137. The van der Waals surface area contributed by atoms with Gasteiger partial charge in [-0.25, -0.2) is 4.98 Å². The lowest BCUT2D eigenvalue weighted by Gasteiger charge is -2.17. The van der Waals surface area contributed by atoms with Gasteiger partial charge in [-0.3, -0.25) is 0 Å². The molecule has 2 aromatic carbocycles. The molecule has 0 aliphatic rings. The molecule has 31 heavy (non-hydrogen) atoms. The average Bonchev–Trinajstić information content (AvgIpc) is 3.11. The second-order valence-corrected chi connectivity index (χ2v) is 7.20. The van der Waals surface area contributed by atoms with Crippen LogP contribution in [0.5, 0.6) is 0 Å². The fraction of sp³-hybridized carbons (Fsp3) is 0.238. The zero-order chi connectivity index (χ0) is 22.3. The van der Waals surface area contributed by atoms with Gasteiger partial charge in [0.05, 0.1) is 34.7 Å². The summed E-state index contributed by atoms with van der Waals surface area (Å²) < 4.78 is 42.9. The molecule has 1 atom stereocenters. The largest absolute Gasteiger partial charge is 0.417 e. The minimum atomic E-state index is -4.53. The Bertz CT molecular complexity index is 1270. The Morgan fingerprint density at radius 1 is 1.16 bits per heavy atom. The van der Waals surface area contributed by atoms with E-state index in [1.807, 2.05) is 0 Å². The molecule has 4 aromatic rings. The van der Waals surface area contributed by atoms with E-state index in [1.165, 1.54) is 12.1 Å². The van der Waals surface area contributed by atoms with Gasteiger partial charge in [-0.05, 0) is 23.8 Å². The van der Waals surface area contributed by atoms with E-state index in [2.05, 4.69) is 15.3 Å². The van der Waals surface area contributed by atoms with E-state index < -0.39 is 24.5 Å². The number of aryl methyl sites for hydroxylation is 1. The van der Waals surface area contributed by atoms with Gasteiger partial charge in [-0.2, -0.15) is 18.2 Å². The molecule has 0 amide bonds. The monoisotopic (exact) mass is 431 g/mol. The number of nitrogens with one attached hydrogen (secondary N) is 1. The molecule has 5 N–H and O–H groups in total. The number of aliphatic hydroxyl groups excluding tert-OH is 2. The van der Waals surface area contributed by atoms with Crippen molar-refractivity contribution in [1.82, 2.24) is 14.5 Å². The second-order valence-electron chi connectivity index (χ2n) is 7.20. The summed E-state index contributed by atoms with van der Waals surface area (Å²) in [7, 11) is 1.74. The third kappa shape index (κ3) is 3.75. The van der Waals surface area contributed by atoms with Crippen molar-refractivity contribution in [3.63, 3.8) is 0 Å². The van der Waals surface area contributed by atoms with Gasteiger partial charge in [0.15, 0.2) is 0 Å². The molecule has 10 heteroatoms. The second kappa shape index (κ2) is 7.71. The summed E-state index contributed by atoms with van der Waals surface area (Å²) in [5, 5.41) is 22.9. The number of hydrogen-bond acceptors (Lipinski definition) is 6. The first-order valence-corrected chi connectivity index (χ1v) is 9.45. The summed E-state index contributed by atoms with van der Waals surface area (Å²) in [6.07, 6.45) is -3.80. The van der Waals surface area contributed by atoms with Crippen molar-refractivity contribution in [2.24, 2.45) is 7.05 Å². The van der Waals surface area contributed by atoms with Crippen molar-refractivity contribution < 1.29 is 23.4 Å². The van der Waals surface area contributed by atoms with Crippen LogP contribution in [0.3, 0.4) is 0 Å². The average molecular weight is 431 g/mol. The number of halogens is 3. The number of nitrogen functional groups attached to an aromatic ring is 1. The van der Waals surface area contributed by atoms with Crippen molar-refractivity contribution >= 4 is 33.6 Å². The molecule has 2 aromatic heterocycles. The summed E-state index contributed by atoms with van der Waals surface area (Å²) in [5.74, 6) is 0.251. The first kappa shape index (κ1) is 20.9. The van der Waals surface area contributed by atoms with Gasteiger partial charge >= 0.3 is 6.18 Å². The highest BCUT2D eigenvalue weighted by Gasteiger charge is 2.34. The molecular weight excluding hydrogens is 411 g/mol. The predicted molar refractivity (Wildman–Crippen MR) is 112 cm³/mol. The number of benzene rings is 2. The topological polar surface area (TPSA) is 109 Å². The van der Waals surface area contributed by atoms with Crippen LogP contribution in [0.1, 0.15) is 5.56 Å². The van der Waals surface area contributed by atoms with Gasteiger partial charge in [-0.15, -0.1) is 0 Å². The maximum Gasteiger partial charge on any atom is 0.417 e. The van der Waals surface area contributed by atoms with E-state index in [0.717, 1.165) is 6.07 Å². The summed E-state index contributed by atoms with van der Waals surface area (Å²) in [6, 6.07) is 8.72. The molecule has 7 nitrogen and oxygen atoms in total. The van der Waals surface area contributed by atoms with Crippen molar-refractivity contribution in [1.29, 1.82) is 0 Å². The van der Waals surface area contributed by atoms with Gasteiger partial charge in [0.25, 0.3) is 0 Å². The van der Waals surface area contributed by atoms with E-state index in [9.17, 15) is 18.3 Å². The number of nitrogens with zero attached hydrogens (tertiary/aromatic N) is 3. The summed E-state index contributed by atoms with van der Waals surface area (Å²) in [5.41, 5.74) is 6.42. The Kier molecular flexibility index (Phi) is 5.19. The number of fused-ring (bicyclic) bond motifs is 3. The van der Waals surface area contributed by atoms with E-state index in [4.69, 9.17) is 10.8 Å². The number of aromatic nitrogens is 3. The number of aliphatic hydroxyl groups is 2. The maximum absolute atomic E-state index is 13.7. The zero-order valence-corrected chi connectivity index (χ0v) is 16.5. The van der Waals surface area contributed by atoms with Crippen LogP contribution in [0.15, 0.2) is 42.6 Å². The van der Waals surface area contributed by atoms with Gasteiger partial charge in [-0.1, -0.05) is 18.2 Å². The lowest BCUT2D eigenvalue weighted by Crippen LogP contribution is -2.23. The Balaban J connectivity index is 2.03. The molecule has 0 aliphatic carbocycles. The number of hydrogen-bond donors (Lipinski definition) is 4. The standard InChI is InChI=1S/C21H20F3N5O2/c1-29-7-6-13-17-16(27-20(25)28-19(17)26-9-11(31)10-30)8-14(18(13)29)12-4-2-3-5-15(12)21(22,23)24/h2-8,11,30-31H,9-10H2,1H3,(H3,25,26,27,28). The fourth-order valence-corrected chi connectivity index (χ4v) is 3.72. The molecule has 4 rings (SSSR count). The lowest BCUT2D eigenvalue weighted by atomic mass is 9.95. The number of rotatable bonds is 5. The van der Waals surface area contributed by atoms with Crippen molar-refractivity contribution in [2.75, 3.05) is 24.2 Å². The van der Waals surface area contributed by atoms with E-state index in [1.54, 1.807) is 36.0 Å². The third-order valence-electron chi connectivity index (χ3n) is 5.07. The number of anilines is 2. The minimum Gasteiger partial charge on any atom is -0.394 e. The normalized spacial score (nSPS) is 13.1. The molecular formula is C21H20F3N5O2. The zero-order valence-electron chi connectivity index (χ0n) is 16.5. The van der Waals surface area contributed by atoms with Gasteiger partial charge in [0, 0.05) is 30.7 Å². The Hall–Kier alpha value is -3.37. The van der Waals surface area contributed by atoms with Crippen LogP contribution >= 0.6 is 0 Å². The number of alkyl halides is 3. The van der Waals surface area contributed by atoms with Crippen LogP contribution in [-0.4, -0.2) is 44.0 Å². The van der Waals surface area contributed by atoms with Gasteiger partial charge < -0.3 is 25.8 Å². The molecule has 2 heterocycles. The van der Waals surface area contributed by atoms with Crippen molar-refractivity contribution in [3.05, 3.63) is 48.2 Å². The molecule has 162 valence electrons. The van der Waals surface area contributed by atoms with Crippen LogP contribution in [0, 0.1) is 0 Å². The van der Waals surface area contributed by atoms with Gasteiger partial charge in [0.2, 0.25) is 5.95 Å². The Morgan fingerprint density at radius 3 is 2.61 bits per heavy atom.